The van der Waals surface area contributed by atoms with Crippen LogP contribution in [0, 0.1) is 19.3 Å². The van der Waals surface area contributed by atoms with Gasteiger partial charge >= 0.3 is 0 Å². The second-order valence-electron chi connectivity index (χ2n) is 6.61. The highest BCUT2D eigenvalue weighted by Crippen LogP contribution is 2.27. The van der Waals surface area contributed by atoms with Gasteiger partial charge in [-0.1, -0.05) is 32.9 Å². The third kappa shape index (κ3) is 2.86. The molecule has 1 unspecified atom stereocenters. The molecule has 1 heterocycles. The first-order chi connectivity index (χ1) is 8.38. The number of nitrogens with one attached hydrogen (secondary N) is 1. The fourth-order valence-electron chi connectivity index (χ4n) is 2.61. The minimum absolute atomic E-state index is 0.316. The summed E-state index contributed by atoms with van der Waals surface area (Å²) >= 11 is 0. The van der Waals surface area contributed by atoms with E-state index in [9.17, 15) is 0 Å². The van der Waals surface area contributed by atoms with Crippen molar-refractivity contribution in [3.63, 3.8) is 0 Å². The molecule has 0 bridgehead atoms. The zero-order valence-corrected chi connectivity index (χ0v) is 12.4. The number of piperazine rings is 1. The number of hydrogen-bond acceptors (Lipinski definition) is 2. The van der Waals surface area contributed by atoms with Gasteiger partial charge in [0, 0.05) is 31.4 Å². The monoisotopic (exact) mass is 246 g/mol. The van der Waals surface area contributed by atoms with Crippen LogP contribution in [0.25, 0.3) is 0 Å². The number of nitrogens with zero attached hydrogens (tertiary/aromatic N) is 1. The van der Waals surface area contributed by atoms with E-state index in [2.05, 4.69) is 63.0 Å². The van der Waals surface area contributed by atoms with Crippen molar-refractivity contribution in [1.29, 1.82) is 0 Å². The van der Waals surface area contributed by atoms with E-state index in [4.69, 9.17) is 0 Å². The van der Waals surface area contributed by atoms with Crippen LogP contribution in [0.1, 0.15) is 31.9 Å². The van der Waals surface area contributed by atoms with Crippen LogP contribution >= 0.6 is 0 Å². The number of rotatable bonds is 1. The molecule has 1 aromatic rings. The molecule has 1 aliphatic heterocycles. The second kappa shape index (κ2) is 4.93. The normalized spacial score (nSPS) is 21.2. The molecule has 2 rings (SSSR count). The highest BCUT2D eigenvalue weighted by atomic mass is 15.2. The summed E-state index contributed by atoms with van der Waals surface area (Å²) in [4.78, 5) is 2.54. The van der Waals surface area contributed by atoms with Gasteiger partial charge < -0.3 is 10.2 Å². The van der Waals surface area contributed by atoms with Crippen LogP contribution in [0.4, 0.5) is 5.69 Å². The highest BCUT2D eigenvalue weighted by Gasteiger charge is 2.29. The van der Waals surface area contributed by atoms with E-state index in [-0.39, 0.29) is 0 Å². The van der Waals surface area contributed by atoms with Crippen molar-refractivity contribution in [1.82, 2.24) is 5.32 Å². The van der Waals surface area contributed by atoms with Gasteiger partial charge in [-0.25, -0.2) is 0 Å². The Morgan fingerprint density at radius 2 is 1.94 bits per heavy atom. The quantitative estimate of drug-likeness (QED) is 0.819. The molecule has 0 aliphatic carbocycles. The number of benzene rings is 1. The van der Waals surface area contributed by atoms with E-state index >= 15 is 0 Å². The van der Waals surface area contributed by atoms with Gasteiger partial charge in [0.1, 0.15) is 0 Å². The Labute approximate surface area is 111 Å². The first kappa shape index (κ1) is 13.4. The van der Waals surface area contributed by atoms with Crippen LogP contribution in [-0.4, -0.2) is 25.7 Å². The van der Waals surface area contributed by atoms with E-state index in [1.165, 1.54) is 16.8 Å². The van der Waals surface area contributed by atoms with Crippen molar-refractivity contribution in [2.75, 3.05) is 24.5 Å². The lowest BCUT2D eigenvalue weighted by Gasteiger charge is -2.42. The molecule has 1 aromatic carbocycles. The van der Waals surface area contributed by atoms with Crippen LogP contribution in [0.3, 0.4) is 0 Å². The highest BCUT2D eigenvalue weighted by molar-refractivity contribution is 5.55. The molecule has 0 aromatic heterocycles. The summed E-state index contributed by atoms with van der Waals surface area (Å²) in [6.45, 7) is 14.6. The maximum Gasteiger partial charge on any atom is 0.0399 e. The van der Waals surface area contributed by atoms with Crippen molar-refractivity contribution < 1.29 is 0 Å². The summed E-state index contributed by atoms with van der Waals surface area (Å²) < 4.78 is 0. The predicted octanol–water partition coefficient (Wildman–Crippen LogP) is 3.13. The molecule has 0 amide bonds. The Balaban J connectivity index is 2.21. The van der Waals surface area contributed by atoms with E-state index in [0.29, 0.717) is 11.5 Å². The van der Waals surface area contributed by atoms with Gasteiger partial charge in [-0.15, -0.1) is 0 Å². The Hall–Kier alpha value is -1.02. The average Bonchev–Trinajstić information content (AvgIpc) is 2.31. The van der Waals surface area contributed by atoms with Gasteiger partial charge in [0.15, 0.2) is 0 Å². The molecule has 1 N–H and O–H groups in total. The summed E-state index contributed by atoms with van der Waals surface area (Å²) in [5.41, 5.74) is 4.46. The molecule has 1 saturated heterocycles. The van der Waals surface area contributed by atoms with E-state index in [1.54, 1.807) is 0 Å². The van der Waals surface area contributed by atoms with E-state index in [1.807, 2.05) is 0 Å². The number of hydrogen-bond donors (Lipinski definition) is 1. The summed E-state index contributed by atoms with van der Waals surface area (Å²) in [6.07, 6.45) is 0. The largest absolute Gasteiger partial charge is 0.368 e. The van der Waals surface area contributed by atoms with Gasteiger partial charge in [-0.05, 0) is 36.5 Å². The van der Waals surface area contributed by atoms with Gasteiger partial charge in [-0.3, -0.25) is 0 Å². The maximum absolute atomic E-state index is 3.65. The molecular weight excluding hydrogens is 220 g/mol. The standard InChI is InChI=1S/C16H26N2/c1-12-6-7-13(2)14(10-12)18-9-8-17-15(11-18)16(3,4)5/h6-7,10,15,17H,8-9,11H2,1-5H3. The fourth-order valence-corrected chi connectivity index (χ4v) is 2.61. The van der Waals surface area contributed by atoms with Gasteiger partial charge in [0.05, 0.1) is 0 Å². The summed E-state index contributed by atoms with van der Waals surface area (Å²) in [6, 6.07) is 7.31. The molecule has 0 spiro atoms. The molecular formula is C16H26N2. The van der Waals surface area contributed by atoms with Crippen LogP contribution in [-0.2, 0) is 0 Å². The summed E-state index contributed by atoms with van der Waals surface area (Å²) in [5.74, 6) is 0. The third-order valence-corrected chi connectivity index (χ3v) is 3.93. The molecule has 2 nitrogen and oxygen atoms in total. The van der Waals surface area contributed by atoms with Crippen molar-refractivity contribution >= 4 is 5.69 Å². The topological polar surface area (TPSA) is 15.3 Å². The minimum atomic E-state index is 0.316. The van der Waals surface area contributed by atoms with Gasteiger partial charge in [-0.2, -0.15) is 0 Å². The van der Waals surface area contributed by atoms with E-state index in [0.717, 1.165) is 19.6 Å². The molecule has 1 atom stereocenters. The van der Waals surface area contributed by atoms with Crippen LogP contribution in [0.2, 0.25) is 0 Å². The van der Waals surface area contributed by atoms with Crippen LogP contribution < -0.4 is 10.2 Å². The van der Waals surface area contributed by atoms with Crippen molar-refractivity contribution in [2.45, 2.75) is 40.7 Å². The lowest BCUT2D eigenvalue weighted by atomic mass is 9.85. The minimum Gasteiger partial charge on any atom is -0.368 e. The zero-order valence-electron chi connectivity index (χ0n) is 12.4. The Bertz CT molecular complexity index is 418. The van der Waals surface area contributed by atoms with Gasteiger partial charge in [0.25, 0.3) is 0 Å². The fraction of sp³-hybridized carbons (Fsp3) is 0.625. The molecule has 1 aliphatic rings. The first-order valence-corrected chi connectivity index (χ1v) is 6.93. The second-order valence-corrected chi connectivity index (χ2v) is 6.61. The lowest BCUT2D eigenvalue weighted by Crippen LogP contribution is -2.56. The third-order valence-electron chi connectivity index (χ3n) is 3.93. The van der Waals surface area contributed by atoms with Gasteiger partial charge in [0.2, 0.25) is 0 Å². The molecule has 100 valence electrons. The number of aryl methyl sites for hydroxylation is 2. The maximum atomic E-state index is 3.65. The molecule has 18 heavy (non-hydrogen) atoms. The molecule has 0 radical (unpaired) electrons. The Morgan fingerprint density at radius 1 is 1.22 bits per heavy atom. The Kier molecular flexibility index (Phi) is 3.67. The summed E-state index contributed by atoms with van der Waals surface area (Å²) in [5, 5.41) is 3.65. The Morgan fingerprint density at radius 3 is 2.61 bits per heavy atom. The number of anilines is 1. The van der Waals surface area contributed by atoms with Crippen LogP contribution in [0.5, 0.6) is 0 Å². The lowest BCUT2D eigenvalue weighted by molar-refractivity contribution is 0.254. The molecule has 2 heteroatoms. The average molecular weight is 246 g/mol. The molecule has 0 saturated carbocycles. The van der Waals surface area contributed by atoms with Crippen molar-refractivity contribution in [3.8, 4) is 0 Å². The predicted molar refractivity (Wildman–Crippen MR) is 79.4 cm³/mol. The van der Waals surface area contributed by atoms with Crippen molar-refractivity contribution in [2.24, 2.45) is 5.41 Å². The van der Waals surface area contributed by atoms with Crippen LogP contribution in [0.15, 0.2) is 18.2 Å². The smallest absolute Gasteiger partial charge is 0.0399 e. The SMILES string of the molecule is Cc1ccc(C)c(N2CCNC(C(C)(C)C)C2)c1. The first-order valence-electron chi connectivity index (χ1n) is 6.93. The zero-order chi connectivity index (χ0) is 13.3. The van der Waals surface area contributed by atoms with E-state index < -0.39 is 0 Å². The van der Waals surface area contributed by atoms with Crippen molar-refractivity contribution in [3.05, 3.63) is 29.3 Å². The summed E-state index contributed by atoms with van der Waals surface area (Å²) in [7, 11) is 0. The molecule has 1 fully saturated rings.